The number of nitrogens with zero attached hydrogens (tertiary/aromatic N) is 1. The summed E-state index contributed by atoms with van der Waals surface area (Å²) in [7, 11) is 2.20. The number of hydrogen-bond donors (Lipinski definition) is 2. The number of anilines is 1. The monoisotopic (exact) mass is 277 g/mol. The van der Waals surface area contributed by atoms with Gasteiger partial charge in [-0.05, 0) is 45.4 Å². The molecule has 1 aromatic rings. The molecule has 4 heteroatoms. The second kappa shape index (κ2) is 5.88. The molecule has 0 radical (unpaired) electrons. The summed E-state index contributed by atoms with van der Waals surface area (Å²) in [6, 6.07) is 7.34. The largest absolute Gasteiger partial charge is 0.389 e. The van der Waals surface area contributed by atoms with Gasteiger partial charge in [-0.3, -0.25) is 4.90 Å². The molecule has 1 saturated carbocycles. The van der Waals surface area contributed by atoms with E-state index < -0.39 is 0 Å². The molecular weight excluding hydrogens is 254 g/mol. The van der Waals surface area contributed by atoms with Crippen LogP contribution in [0, 0.1) is 6.92 Å². The van der Waals surface area contributed by atoms with Gasteiger partial charge in [0.05, 0.1) is 0 Å². The minimum Gasteiger partial charge on any atom is -0.389 e. The van der Waals surface area contributed by atoms with Gasteiger partial charge in [0, 0.05) is 29.9 Å². The summed E-state index contributed by atoms with van der Waals surface area (Å²) in [4.78, 5) is 2.90. The lowest BCUT2D eigenvalue weighted by Gasteiger charge is -2.26. The molecule has 1 atom stereocenters. The molecule has 104 valence electrons. The quantitative estimate of drug-likeness (QED) is 0.784. The molecule has 1 aromatic carbocycles. The molecule has 0 spiro atoms. The fourth-order valence-corrected chi connectivity index (χ4v) is 2.51. The molecule has 0 amide bonds. The molecule has 3 N–H and O–H groups in total. The van der Waals surface area contributed by atoms with Gasteiger partial charge >= 0.3 is 0 Å². The third kappa shape index (κ3) is 3.45. The molecule has 19 heavy (non-hydrogen) atoms. The van der Waals surface area contributed by atoms with Crippen LogP contribution in [-0.2, 0) is 0 Å². The topological polar surface area (TPSA) is 41.3 Å². The molecule has 0 aromatic heterocycles. The Morgan fingerprint density at radius 2 is 2.21 bits per heavy atom. The first-order valence-corrected chi connectivity index (χ1v) is 7.26. The minimum atomic E-state index is 0.453. The number of nitrogens with one attached hydrogen (secondary N) is 1. The van der Waals surface area contributed by atoms with Crippen molar-refractivity contribution in [2.75, 3.05) is 18.9 Å². The molecule has 1 fully saturated rings. The first-order valence-electron chi connectivity index (χ1n) is 6.86. The molecule has 1 unspecified atom stereocenters. The van der Waals surface area contributed by atoms with Gasteiger partial charge in [0.1, 0.15) is 4.99 Å². The Balaban J connectivity index is 2.04. The van der Waals surface area contributed by atoms with Gasteiger partial charge in [0.25, 0.3) is 0 Å². The zero-order valence-electron chi connectivity index (χ0n) is 11.9. The average molecular weight is 277 g/mol. The fourth-order valence-electron chi connectivity index (χ4n) is 2.34. The number of para-hydroxylation sites is 1. The molecule has 1 aliphatic rings. The number of aryl methyl sites for hydroxylation is 1. The van der Waals surface area contributed by atoms with E-state index in [4.69, 9.17) is 18.0 Å². The lowest BCUT2D eigenvalue weighted by atomic mass is 10.1. The Morgan fingerprint density at radius 3 is 2.79 bits per heavy atom. The SMILES string of the molecule is Cc1cccc(C(N)=S)c1NCC(C)N(C)C1CC1. The van der Waals surface area contributed by atoms with Crippen LogP contribution in [0.4, 0.5) is 5.69 Å². The molecule has 0 saturated heterocycles. The van der Waals surface area contributed by atoms with E-state index in [0.717, 1.165) is 23.8 Å². The summed E-state index contributed by atoms with van der Waals surface area (Å²) in [6.45, 7) is 5.25. The van der Waals surface area contributed by atoms with Crippen molar-refractivity contribution in [2.24, 2.45) is 5.73 Å². The van der Waals surface area contributed by atoms with E-state index in [2.05, 4.69) is 37.2 Å². The van der Waals surface area contributed by atoms with Crippen molar-refractivity contribution in [3.05, 3.63) is 29.3 Å². The normalized spacial score (nSPS) is 16.4. The highest BCUT2D eigenvalue weighted by Gasteiger charge is 2.29. The highest BCUT2D eigenvalue weighted by Crippen LogP contribution is 2.27. The number of nitrogens with two attached hydrogens (primary N) is 1. The Labute approximate surface area is 121 Å². The van der Waals surface area contributed by atoms with Gasteiger partial charge in [-0.1, -0.05) is 24.4 Å². The highest BCUT2D eigenvalue weighted by molar-refractivity contribution is 7.80. The van der Waals surface area contributed by atoms with Crippen molar-refractivity contribution in [1.29, 1.82) is 0 Å². The lowest BCUT2D eigenvalue weighted by Crippen LogP contribution is -2.36. The molecule has 0 bridgehead atoms. The summed E-state index contributed by atoms with van der Waals surface area (Å²) in [5, 5.41) is 3.52. The van der Waals surface area contributed by atoms with Gasteiger partial charge in [-0.15, -0.1) is 0 Å². The molecule has 1 aliphatic carbocycles. The minimum absolute atomic E-state index is 0.453. The smallest absolute Gasteiger partial charge is 0.106 e. The van der Waals surface area contributed by atoms with Crippen molar-refractivity contribution < 1.29 is 0 Å². The molecule has 0 aliphatic heterocycles. The zero-order chi connectivity index (χ0) is 14.0. The molecule has 3 nitrogen and oxygen atoms in total. The Morgan fingerprint density at radius 1 is 1.53 bits per heavy atom. The van der Waals surface area contributed by atoms with E-state index in [1.807, 2.05) is 12.1 Å². The Hall–Kier alpha value is -1.13. The first-order chi connectivity index (χ1) is 9.00. The van der Waals surface area contributed by atoms with E-state index in [9.17, 15) is 0 Å². The van der Waals surface area contributed by atoms with Crippen molar-refractivity contribution in [3.8, 4) is 0 Å². The summed E-state index contributed by atoms with van der Waals surface area (Å²) < 4.78 is 0. The lowest BCUT2D eigenvalue weighted by molar-refractivity contribution is 0.257. The van der Waals surface area contributed by atoms with E-state index in [0.29, 0.717) is 11.0 Å². The zero-order valence-corrected chi connectivity index (χ0v) is 12.8. The summed E-state index contributed by atoms with van der Waals surface area (Å²) >= 11 is 5.12. The number of benzene rings is 1. The third-order valence-corrected chi connectivity index (χ3v) is 4.15. The fraction of sp³-hybridized carbons (Fsp3) is 0.533. The van der Waals surface area contributed by atoms with Gasteiger partial charge in [-0.2, -0.15) is 0 Å². The van der Waals surface area contributed by atoms with Gasteiger partial charge in [0.15, 0.2) is 0 Å². The van der Waals surface area contributed by atoms with Crippen LogP contribution in [0.1, 0.15) is 30.9 Å². The predicted molar refractivity (Wildman–Crippen MR) is 85.8 cm³/mol. The standard InChI is InChI=1S/C15H23N3S/c1-10-5-4-6-13(15(16)19)14(10)17-9-11(2)18(3)12-7-8-12/h4-6,11-12,17H,7-9H2,1-3H3,(H2,16,19). The van der Waals surface area contributed by atoms with Gasteiger partial charge in [-0.25, -0.2) is 0 Å². The van der Waals surface area contributed by atoms with Gasteiger partial charge in [0.2, 0.25) is 0 Å². The van der Waals surface area contributed by atoms with Crippen LogP contribution in [-0.4, -0.2) is 35.6 Å². The van der Waals surface area contributed by atoms with Crippen molar-refractivity contribution in [2.45, 2.75) is 38.8 Å². The van der Waals surface area contributed by atoms with Crippen LogP contribution >= 0.6 is 12.2 Å². The molecule has 0 heterocycles. The number of hydrogen-bond acceptors (Lipinski definition) is 3. The Kier molecular flexibility index (Phi) is 4.42. The number of rotatable bonds is 6. The average Bonchev–Trinajstić information content (AvgIpc) is 3.19. The van der Waals surface area contributed by atoms with Gasteiger partial charge < -0.3 is 11.1 Å². The van der Waals surface area contributed by atoms with Crippen LogP contribution in [0.25, 0.3) is 0 Å². The van der Waals surface area contributed by atoms with E-state index in [-0.39, 0.29) is 0 Å². The maximum absolute atomic E-state index is 5.79. The third-order valence-electron chi connectivity index (χ3n) is 3.93. The van der Waals surface area contributed by atoms with Crippen LogP contribution in [0.3, 0.4) is 0 Å². The van der Waals surface area contributed by atoms with Crippen LogP contribution < -0.4 is 11.1 Å². The van der Waals surface area contributed by atoms with E-state index in [1.54, 1.807) is 0 Å². The van der Waals surface area contributed by atoms with Crippen molar-refractivity contribution >= 4 is 22.9 Å². The van der Waals surface area contributed by atoms with E-state index >= 15 is 0 Å². The summed E-state index contributed by atoms with van der Waals surface area (Å²) in [5.41, 5.74) is 8.99. The van der Waals surface area contributed by atoms with Crippen LogP contribution in [0.2, 0.25) is 0 Å². The summed E-state index contributed by atoms with van der Waals surface area (Å²) in [5.74, 6) is 0. The first kappa shape index (κ1) is 14.3. The number of thiocarbonyl (C=S) groups is 1. The second-order valence-electron chi connectivity index (χ2n) is 5.49. The van der Waals surface area contributed by atoms with Crippen molar-refractivity contribution in [1.82, 2.24) is 4.90 Å². The van der Waals surface area contributed by atoms with Crippen molar-refractivity contribution in [3.63, 3.8) is 0 Å². The van der Waals surface area contributed by atoms with Crippen LogP contribution in [0.5, 0.6) is 0 Å². The maximum Gasteiger partial charge on any atom is 0.106 e. The summed E-state index contributed by atoms with van der Waals surface area (Å²) in [6.07, 6.45) is 2.67. The predicted octanol–water partition coefficient (Wildman–Crippen LogP) is 2.52. The second-order valence-corrected chi connectivity index (χ2v) is 5.93. The highest BCUT2D eigenvalue weighted by atomic mass is 32.1. The molecule has 2 rings (SSSR count). The number of likely N-dealkylation sites (N-methyl/N-ethyl adjacent to an activating group) is 1. The maximum atomic E-state index is 5.79. The Bertz CT molecular complexity index is 468. The van der Waals surface area contributed by atoms with E-state index in [1.165, 1.54) is 18.4 Å². The van der Waals surface area contributed by atoms with Crippen LogP contribution in [0.15, 0.2) is 18.2 Å². The molecular formula is C15H23N3S.